The van der Waals surface area contributed by atoms with Crippen LogP contribution in [0.4, 0.5) is 0 Å². The number of hydrogen-bond acceptors (Lipinski definition) is 3. The van der Waals surface area contributed by atoms with Gasteiger partial charge in [0.05, 0.1) is 18.6 Å². The summed E-state index contributed by atoms with van der Waals surface area (Å²) in [6.45, 7) is 6.76. The standard InChI is InChI=1S/C15H18O4/c1-8-9-4-6-19-13(9)11(15(2,3)14(16)17)10-5-7-18-12(8)10/h4-7H2,1-3H3,(H,16,17). The SMILES string of the molecule is Cc1c2c(c(C(C)(C)C(=O)O)c3c1OCC3)OCC2. The van der Waals surface area contributed by atoms with E-state index in [4.69, 9.17) is 9.47 Å². The quantitative estimate of drug-likeness (QED) is 0.888. The van der Waals surface area contributed by atoms with Crippen molar-refractivity contribution < 1.29 is 19.4 Å². The molecule has 0 fully saturated rings. The summed E-state index contributed by atoms with van der Waals surface area (Å²) < 4.78 is 11.5. The number of aliphatic carboxylic acids is 1. The first-order valence-electron chi connectivity index (χ1n) is 6.62. The molecule has 19 heavy (non-hydrogen) atoms. The van der Waals surface area contributed by atoms with E-state index in [1.165, 1.54) is 0 Å². The van der Waals surface area contributed by atoms with Gasteiger partial charge in [-0.25, -0.2) is 0 Å². The van der Waals surface area contributed by atoms with Crippen molar-refractivity contribution in [3.8, 4) is 11.5 Å². The van der Waals surface area contributed by atoms with Crippen LogP contribution in [0.3, 0.4) is 0 Å². The largest absolute Gasteiger partial charge is 0.493 e. The van der Waals surface area contributed by atoms with E-state index in [1.807, 2.05) is 6.92 Å². The van der Waals surface area contributed by atoms with Gasteiger partial charge in [0.1, 0.15) is 11.5 Å². The molecule has 4 heteroatoms. The third-order valence-corrected chi connectivity index (χ3v) is 4.23. The molecule has 0 unspecified atom stereocenters. The number of fused-ring (bicyclic) bond motifs is 2. The normalized spacial score (nSPS) is 16.6. The van der Waals surface area contributed by atoms with E-state index in [0.29, 0.717) is 13.2 Å². The Morgan fingerprint density at radius 1 is 1.11 bits per heavy atom. The fourth-order valence-corrected chi connectivity index (χ4v) is 3.11. The molecular formula is C15H18O4. The zero-order valence-corrected chi connectivity index (χ0v) is 11.5. The van der Waals surface area contributed by atoms with Gasteiger partial charge in [-0.05, 0) is 26.3 Å². The Kier molecular flexibility index (Phi) is 2.52. The second-order valence-electron chi connectivity index (χ2n) is 5.74. The highest BCUT2D eigenvalue weighted by atomic mass is 16.5. The van der Waals surface area contributed by atoms with Crippen LogP contribution in [-0.2, 0) is 23.1 Å². The first-order chi connectivity index (χ1) is 8.94. The van der Waals surface area contributed by atoms with Crippen molar-refractivity contribution in [2.45, 2.75) is 39.0 Å². The number of benzene rings is 1. The van der Waals surface area contributed by atoms with Crippen LogP contribution >= 0.6 is 0 Å². The van der Waals surface area contributed by atoms with Crippen LogP contribution in [0.1, 0.15) is 36.1 Å². The van der Waals surface area contributed by atoms with E-state index in [2.05, 4.69) is 0 Å². The van der Waals surface area contributed by atoms with Gasteiger partial charge in [-0.3, -0.25) is 4.79 Å². The molecule has 2 heterocycles. The lowest BCUT2D eigenvalue weighted by atomic mass is 9.78. The van der Waals surface area contributed by atoms with Gasteiger partial charge >= 0.3 is 5.97 Å². The number of rotatable bonds is 2. The third kappa shape index (κ3) is 1.55. The van der Waals surface area contributed by atoms with Gasteiger partial charge in [-0.1, -0.05) is 0 Å². The van der Waals surface area contributed by atoms with Gasteiger partial charge in [-0.15, -0.1) is 0 Å². The van der Waals surface area contributed by atoms with Gasteiger partial charge in [0, 0.05) is 29.5 Å². The highest BCUT2D eigenvalue weighted by Crippen LogP contribution is 2.48. The molecule has 1 N–H and O–H groups in total. The molecule has 0 aliphatic carbocycles. The van der Waals surface area contributed by atoms with Crippen LogP contribution in [0.25, 0.3) is 0 Å². The zero-order valence-electron chi connectivity index (χ0n) is 11.5. The molecule has 2 aliphatic heterocycles. The Bertz CT molecular complexity index is 537. The van der Waals surface area contributed by atoms with E-state index in [0.717, 1.165) is 46.6 Å². The molecule has 0 saturated heterocycles. The van der Waals surface area contributed by atoms with Gasteiger partial charge in [0.15, 0.2) is 0 Å². The first-order valence-corrected chi connectivity index (χ1v) is 6.62. The molecule has 1 aromatic rings. The van der Waals surface area contributed by atoms with E-state index in [1.54, 1.807) is 13.8 Å². The van der Waals surface area contributed by atoms with Gasteiger partial charge in [0.2, 0.25) is 0 Å². The molecule has 4 nitrogen and oxygen atoms in total. The minimum Gasteiger partial charge on any atom is -0.493 e. The maximum Gasteiger partial charge on any atom is 0.313 e. The minimum atomic E-state index is -0.958. The highest BCUT2D eigenvalue weighted by molar-refractivity contribution is 5.84. The Hall–Kier alpha value is -1.71. The fraction of sp³-hybridized carbons (Fsp3) is 0.533. The molecule has 0 bridgehead atoms. The predicted octanol–water partition coefficient (Wildman–Crippen LogP) is 2.23. The average molecular weight is 262 g/mol. The van der Waals surface area contributed by atoms with E-state index in [9.17, 15) is 9.90 Å². The molecule has 0 radical (unpaired) electrons. The van der Waals surface area contributed by atoms with Gasteiger partial charge in [0.25, 0.3) is 0 Å². The van der Waals surface area contributed by atoms with Crippen molar-refractivity contribution >= 4 is 5.97 Å². The molecule has 0 spiro atoms. The number of carboxylic acids is 1. The van der Waals surface area contributed by atoms with Crippen LogP contribution in [0.5, 0.6) is 11.5 Å². The van der Waals surface area contributed by atoms with Crippen molar-refractivity contribution in [2.75, 3.05) is 13.2 Å². The number of ether oxygens (including phenoxy) is 2. The third-order valence-electron chi connectivity index (χ3n) is 4.23. The topological polar surface area (TPSA) is 55.8 Å². The Morgan fingerprint density at radius 2 is 1.68 bits per heavy atom. The van der Waals surface area contributed by atoms with Crippen molar-refractivity contribution in [2.24, 2.45) is 0 Å². The van der Waals surface area contributed by atoms with Gasteiger partial charge < -0.3 is 14.6 Å². The van der Waals surface area contributed by atoms with Crippen molar-refractivity contribution in [3.63, 3.8) is 0 Å². The van der Waals surface area contributed by atoms with Crippen LogP contribution in [0, 0.1) is 6.92 Å². The summed E-state index contributed by atoms with van der Waals surface area (Å²) in [4.78, 5) is 11.6. The van der Waals surface area contributed by atoms with E-state index < -0.39 is 11.4 Å². The average Bonchev–Trinajstić information content (AvgIpc) is 2.96. The summed E-state index contributed by atoms with van der Waals surface area (Å²) in [5, 5.41) is 9.53. The molecule has 102 valence electrons. The first kappa shape index (κ1) is 12.3. The van der Waals surface area contributed by atoms with Crippen LogP contribution in [0.2, 0.25) is 0 Å². The zero-order chi connectivity index (χ0) is 13.8. The lowest BCUT2D eigenvalue weighted by Gasteiger charge is -2.26. The highest BCUT2D eigenvalue weighted by Gasteiger charge is 2.40. The van der Waals surface area contributed by atoms with Crippen LogP contribution < -0.4 is 9.47 Å². The Labute approximate surface area is 112 Å². The Balaban J connectivity index is 2.34. The smallest absolute Gasteiger partial charge is 0.313 e. The van der Waals surface area contributed by atoms with Gasteiger partial charge in [-0.2, -0.15) is 0 Å². The summed E-state index contributed by atoms with van der Waals surface area (Å²) in [6, 6.07) is 0. The summed E-state index contributed by atoms with van der Waals surface area (Å²) in [7, 11) is 0. The lowest BCUT2D eigenvalue weighted by Crippen LogP contribution is -2.30. The van der Waals surface area contributed by atoms with Crippen LogP contribution in [-0.4, -0.2) is 24.3 Å². The molecule has 3 rings (SSSR count). The lowest BCUT2D eigenvalue weighted by molar-refractivity contribution is -0.142. The molecule has 0 atom stereocenters. The second-order valence-corrected chi connectivity index (χ2v) is 5.74. The number of carbonyl (C=O) groups is 1. The summed E-state index contributed by atoms with van der Waals surface area (Å²) in [5.74, 6) is 0.839. The number of hydrogen-bond donors (Lipinski definition) is 1. The van der Waals surface area contributed by atoms with Crippen molar-refractivity contribution in [1.82, 2.24) is 0 Å². The summed E-state index contributed by atoms with van der Waals surface area (Å²) >= 11 is 0. The fourth-order valence-electron chi connectivity index (χ4n) is 3.11. The predicted molar refractivity (Wildman–Crippen MR) is 70.2 cm³/mol. The number of carboxylic acid groups (broad SMARTS) is 1. The molecule has 1 aromatic carbocycles. The molecule has 0 aromatic heterocycles. The summed E-state index contributed by atoms with van der Waals surface area (Å²) in [6.07, 6.45) is 1.60. The Morgan fingerprint density at radius 3 is 2.32 bits per heavy atom. The maximum absolute atomic E-state index is 11.6. The summed E-state index contributed by atoms with van der Waals surface area (Å²) in [5.41, 5.74) is 3.10. The molecule has 2 aliphatic rings. The second kappa shape index (κ2) is 3.89. The van der Waals surface area contributed by atoms with E-state index >= 15 is 0 Å². The maximum atomic E-state index is 11.6. The van der Waals surface area contributed by atoms with Crippen molar-refractivity contribution in [3.05, 3.63) is 22.3 Å². The van der Waals surface area contributed by atoms with E-state index in [-0.39, 0.29) is 0 Å². The van der Waals surface area contributed by atoms with Crippen LogP contribution in [0.15, 0.2) is 0 Å². The molecule has 0 saturated carbocycles. The van der Waals surface area contributed by atoms with Crippen molar-refractivity contribution in [1.29, 1.82) is 0 Å². The minimum absolute atomic E-state index is 0.627. The monoisotopic (exact) mass is 262 g/mol. The molecular weight excluding hydrogens is 244 g/mol. The molecule has 0 amide bonds.